The first-order valence-corrected chi connectivity index (χ1v) is 8.11. The zero-order chi connectivity index (χ0) is 15.3. The van der Waals surface area contributed by atoms with E-state index < -0.39 is 0 Å². The van der Waals surface area contributed by atoms with E-state index in [9.17, 15) is 5.11 Å². The number of rotatable bonds is 9. The lowest BCUT2D eigenvalue weighted by Crippen LogP contribution is -2.30. The first-order chi connectivity index (χ1) is 8.50. The molecule has 0 aliphatic carbocycles. The van der Waals surface area contributed by atoms with Crippen LogP contribution in [0.25, 0.3) is 0 Å². The highest BCUT2D eigenvalue weighted by atomic mass is 16.3. The van der Waals surface area contributed by atoms with Gasteiger partial charge in [0.05, 0.1) is 0 Å². The Balaban J connectivity index is 4.48. The third-order valence-electron chi connectivity index (χ3n) is 4.39. The SMILES string of the molecule is CC(C)CC(C)(C)CCC(CO)C(C)(C)CC(C)C. The highest BCUT2D eigenvalue weighted by Crippen LogP contribution is 2.40. The molecule has 1 nitrogen and oxygen atoms in total. The van der Waals surface area contributed by atoms with E-state index in [1.165, 1.54) is 19.3 Å². The molecule has 0 rings (SSSR count). The summed E-state index contributed by atoms with van der Waals surface area (Å²) in [6.45, 7) is 18.9. The average Bonchev–Trinajstić information content (AvgIpc) is 2.12. The predicted molar refractivity (Wildman–Crippen MR) is 86.3 cm³/mol. The Morgan fingerprint density at radius 3 is 1.68 bits per heavy atom. The third kappa shape index (κ3) is 7.97. The van der Waals surface area contributed by atoms with Crippen LogP contribution >= 0.6 is 0 Å². The molecule has 1 N–H and O–H groups in total. The van der Waals surface area contributed by atoms with Crippen molar-refractivity contribution in [2.24, 2.45) is 28.6 Å². The summed E-state index contributed by atoms with van der Waals surface area (Å²) in [4.78, 5) is 0. The molecule has 1 heteroatoms. The number of aliphatic hydroxyl groups excluding tert-OH is 1. The first-order valence-electron chi connectivity index (χ1n) is 8.11. The van der Waals surface area contributed by atoms with Gasteiger partial charge in [0.1, 0.15) is 0 Å². The van der Waals surface area contributed by atoms with Crippen LogP contribution in [0.4, 0.5) is 0 Å². The maximum Gasteiger partial charge on any atom is 0.0464 e. The fourth-order valence-electron chi connectivity index (χ4n) is 3.72. The summed E-state index contributed by atoms with van der Waals surface area (Å²) in [7, 11) is 0. The van der Waals surface area contributed by atoms with Gasteiger partial charge in [-0.1, -0.05) is 55.4 Å². The molecule has 19 heavy (non-hydrogen) atoms. The summed E-state index contributed by atoms with van der Waals surface area (Å²) in [6, 6.07) is 0. The maximum absolute atomic E-state index is 9.75. The molecule has 0 bridgehead atoms. The van der Waals surface area contributed by atoms with Crippen molar-refractivity contribution < 1.29 is 5.11 Å². The van der Waals surface area contributed by atoms with Crippen LogP contribution in [0.3, 0.4) is 0 Å². The van der Waals surface area contributed by atoms with Gasteiger partial charge in [0.2, 0.25) is 0 Å². The fraction of sp³-hybridized carbons (Fsp3) is 1.00. The highest BCUT2D eigenvalue weighted by molar-refractivity contribution is 4.81. The van der Waals surface area contributed by atoms with Crippen molar-refractivity contribution in [1.82, 2.24) is 0 Å². The standard InChI is InChI=1S/C18H38O/c1-14(2)11-17(5,6)10-9-16(13-19)18(7,8)12-15(3)4/h14-16,19H,9-13H2,1-8H3. The Labute approximate surface area is 122 Å². The van der Waals surface area contributed by atoms with Gasteiger partial charge >= 0.3 is 0 Å². The van der Waals surface area contributed by atoms with Gasteiger partial charge in [0.25, 0.3) is 0 Å². The fourth-order valence-corrected chi connectivity index (χ4v) is 3.72. The van der Waals surface area contributed by atoms with Gasteiger partial charge in [-0.15, -0.1) is 0 Å². The van der Waals surface area contributed by atoms with E-state index in [0.29, 0.717) is 23.9 Å². The molecular formula is C18H38O. The molecule has 116 valence electrons. The molecule has 1 atom stereocenters. The van der Waals surface area contributed by atoms with Crippen LogP contribution < -0.4 is 0 Å². The second kappa shape index (κ2) is 7.67. The molecule has 0 fully saturated rings. The van der Waals surface area contributed by atoms with Crippen molar-refractivity contribution >= 4 is 0 Å². The zero-order valence-corrected chi connectivity index (χ0v) is 14.7. The molecule has 0 aliphatic heterocycles. The normalized spacial score (nSPS) is 15.3. The van der Waals surface area contributed by atoms with Gasteiger partial charge in [0.15, 0.2) is 0 Å². The van der Waals surface area contributed by atoms with Crippen molar-refractivity contribution in [3.8, 4) is 0 Å². The largest absolute Gasteiger partial charge is 0.396 e. The van der Waals surface area contributed by atoms with Crippen molar-refractivity contribution in [2.75, 3.05) is 6.61 Å². The Hall–Kier alpha value is -0.0400. The average molecular weight is 271 g/mol. The molecule has 0 saturated heterocycles. The van der Waals surface area contributed by atoms with Gasteiger partial charge in [-0.25, -0.2) is 0 Å². The van der Waals surface area contributed by atoms with Crippen molar-refractivity contribution in [3.63, 3.8) is 0 Å². The van der Waals surface area contributed by atoms with Gasteiger partial charge in [0, 0.05) is 6.61 Å². The summed E-state index contributed by atoms with van der Waals surface area (Å²) in [5, 5.41) is 9.75. The molecular weight excluding hydrogens is 232 g/mol. The van der Waals surface area contributed by atoms with Crippen LogP contribution in [-0.4, -0.2) is 11.7 Å². The third-order valence-corrected chi connectivity index (χ3v) is 4.39. The number of hydrogen-bond donors (Lipinski definition) is 1. The lowest BCUT2D eigenvalue weighted by atomic mass is 9.69. The minimum absolute atomic E-state index is 0.247. The van der Waals surface area contributed by atoms with Crippen LogP contribution in [-0.2, 0) is 0 Å². The Morgan fingerprint density at radius 2 is 1.32 bits per heavy atom. The quantitative estimate of drug-likeness (QED) is 0.585. The summed E-state index contributed by atoms with van der Waals surface area (Å²) >= 11 is 0. The van der Waals surface area contributed by atoms with Crippen LogP contribution in [0.1, 0.15) is 81.1 Å². The molecule has 0 aromatic carbocycles. The molecule has 0 saturated carbocycles. The summed E-state index contributed by atoms with van der Waals surface area (Å²) in [6.07, 6.45) is 4.84. The lowest BCUT2D eigenvalue weighted by molar-refractivity contribution is 0.0765. The molecule has 0 aliphatic rings. The van der Waals surface area contributed by atoms with Crippen molar-refractivity contribution in [1.29, 1.82) is 0 Å². The topological polar surface area (TPSA) is 20.2 Å². The molecule has 0 radical (unpaired) electrons. The molecule has 0 aromatic rings. The second-order valence-electron chi connectivity index (χ2n) is 8.77. The number of aliphatic hydroxyl groups is 1. The lowest BCUT2D eigenvalue weighted by Gasteiger charge is -2.37. The molecule has 0 spiro atoms. The minimum atomic E-state index is 0.247. The summed E-state index contributed by atoms with van der Waals surface area (Å²) in [5.74, 6) is 1.89. The van der Waals surface area contributed by atoms with Crippen molar-refractivity contribution in [3.05, 3.63) is 0 Å². The van der Waals surface area contributed by atoms with Crippen LogP contribution in [0, 0.1) is 28.6 Å². The Kier molecular flexibility index (Phi) is 7.65. The number of hydrogen-bond acceptors (Lipinski definition) is 1. The van der Waals surface area contributed by atoms with Gasteiger partial charge < -0.3 is 5.11 Å². The maximum atomic E-state index is 9.75. The first kappa shape index (κ1) is 19.0. The molecule has 0 heterocycles. The van der Waals surface area contributed by atoms with Crippen LogP contribution in [0.2, 0.25) is 0 Å². The zero-order valence-electron chi connectivity index (χ0n) is 14.7. The minimum Gasteiger partial charge on any atom is -0.396 e. The predicted octanol–water partition coefficient (Wildman–Crippen LogP) is 5.52. The Bertz CT molecular complexity index is 238. The van der Waals surface area contributed by atoms with E-state index in [4.69, 9.17) is 0 Å². The molecule has 0 aromatic heterocycles. The van der Waals surface area contributed by atoms with Crippen LogP contribution in [0.5, 0.6) is 0 Å². The monoisotopic (exact) mass is 270 g/mol. The van der Waals surface area contributed by atoms with Crippen LogP contribution in [0.15, 0.2) is 0 Å². The highest BCUT2D eigenvalue weighted by Gasteiger charge is 2.31. The molecule has 1 unspecified atom stereocenters. The Morgan fingerprint density at radius 1 is 0.842 bits per heavy atom. The van der Waals surface area contributed by atoms with E-state index >= 15 is 0 Å². The second-order valence-corrected chi connectivity index (χ2v) is 8.77. The van der Waals surface area contributed by atoms with Gasteiger partial charge in [-0.2, -0.15) is 0 Å². The van der Waals surface area contributed by atoms with Gasteiger partial charge in [-0.3, -0.25) is 0 Å². The van der Waals surface area contributed by atoms with E-state index in [-0.39, 0.29) is 5.41 Å². The van der Waals surface area contributed by atoms with Crippen molar-refractivity contribution in [2.45, 2.75) is 81.1 Å². The van der Waals surface area contributed by atoms with E-state index in [1.807, 2.05) is 0 Å². The van der Waals surface area contributed by atoms with E-state index in [0.717, 1.165) is 12.3 Å². The summed E-state index contributed by atoms with van der Waals surface area (Å²) < 4.78 is 0. The van der Waals surface area contributed by atoms with Gasteiger partial charge in [-0.05, 0) is 54.3 Å². The van der Waals surface area contributed by atoms with E-state index in [2.05, 4.69) is 55.4 Å². The summed E-state index contributed by atoms with van der Waals surface area (Å²) in [5.41, 5.74) is 0.645. The van der Waals surface area contributed by atoms with E-state index in [1.54, 1.807) is 0 Å². The molecule has 0 amide bonds. The smallest absolute Gasteiger partial charge is 0.0464 e.